The highest BCUT2D eigenvalue weighted by molar-refractivity contribution is 6.42. The molecular weight excluding hydrogens is 499 g/mol. The molecule has 2 N–H and O–H groups in total. The molecule has 4 heterocycles. The summed E-state index contributed by atoms with van der Waals surface area (Å²) >= 11 is 0. The summed E-state index contributed by atoms with van der Waals surface area (Å²) in [6.07, 6.45) is 2.54. The van der Waals surface area contributed by atoms with Crippen LogP contribution in [0.2, 0.25) is 0 Å². The van der Waals surface area contributed by atoms with E-state index in [-0.39, 0.29) is 39.0 Å². The number of piperidine rings is 2. The Morgan fingerprint density at radius 2 is 2.00 bits per heavy atom. The van der Waals surface area contributed by atoms with Crippen molar-refractivity contribution in [2.45, 2.75) is 32.7 Å². The van der Waals surface area contributed by atoms with E-state index in [0.717, 1.165) is 0 Å². The number of carbonyl (C=O) groups is 4. The molecule has 0 aliphatic carbocycles. The Bertz CT molecular complexity index is 1330. The SMILES string of the molecule is Cc1ncnn1-c1cc(F)ccc1CNC(=O)C1C(=O)C(=O)N2CCCOC=C2C12CCN(C(=O)O)CC2. The normalized spacial score (nSPS) is 20.9. The summed E-state index contributed by atoms with van der Waals surface area (Å²) < 4.78 is 21.1. The van der Waals surface area contributed by atoms with Gasteiger partial charge in [0.05, 0.1) is 18.0 Å². The van der Waals surface area contributed by atoms with E-state index in [1.165, 1.54) is 45.3 Å². The fourth-order valence-electron chi connectivity index (χ4n) is 5.60. The third-order valence-electron chi connectivity index (χ3n) is 7.55. The molecule has 1 aromatic heterocycles. The minimum atomic E-state index is -1.37. The minimum Gasteiger partial charge on any atom is -0.499 e. The van der Waals surface area contributed by atoms with Gasteiger partial charge in [-0.25, -0.2) is 18.9 Å². The van der Waals surface area contributed by atoms with Crippen molar-refractivity contribution in [2.75, 3.05) is 26.2 Å². The van der Waals surface area contributed by atoms with E-state index in [2.05, 4.69) is 15.4 Å². The topological polar surface area (TPSA) is 147 Å². The fraction of sp³-hybridized carbons (Fsp3) is 0.440. The van der Waals surface area contributed by atoms with Crippen LogP contribution in [0.3, 0.4) is 0 Å². The van der Waals surface area contributed by atoms with Crippen LogP contribution in [-0.2, 0) is 25.7 Å². The number of aromatic nitrogens is 3. The molecule has 13 heteroatoms. The average molecular weight is 527 g/mol. The van der Waals surface area contributed by atoms with Crippen LogP contribution in [0.15, 0.2) is 36.5 Å². The number of nitrogens with one attached hydrogen (secondary N) is 1. The third-order valence-corrected chi connectivity index (χ3v) is 7.55. The number of ether oxygens (including phenoxy) is 1. The van der Waals surface area contributed by atoms with Gasteiger partial charge in [0.15, 0.2) is 0 Å². The first-order chi connectivity index (χ1) is 18.2. The number of likely N-dealkylation sites (tertiary alicyclic amines) is 1. The smallest absolute Gasteiger partial charge is 0.407 e. The molecule has 1 atom stereocenters. The molecule has 12 nitrogen and oxygen atoms in total. The van der Waals surface area contributed by atoms with E-state index in [1.54, 1.807) is 6.92 Å². The lowest BCUT2D eigenvalue weighted by molar-refractivity contribution is -0.158. The molecule has 1 aromatic carbocycles. The zero-order valence-corrected chi connectivity index (χ0v) is 20.7. The molecule has 1 spiro atoms. The molecule has 2 aromatic rings. The van der Waals surface area contributed by atoms with Crippen molar-refractivity contribution in [3.63, 3.8) is 0 Å². The second kappa shape index (κ2) is 9.88. The van der Waals surface area contributed by atoms with Gasteiger partial charge in [0.25, 0.3) is 5.91 Å². The van der Waals surface area contributed by atoms with Crippen molar-refractivity contribution < 1.29 is 33.4 Å². The number of carboxylic acid groups (broad SMARTS) is 1. The van der Waals surface area contributed by atoms with E-state index < -0.39 is 40.8 Å². The molecule has 0 radical (unpaired) electrons. The molecule has 3 aliphatic heterocycles. The Morgan fingerprint density at radius 1 is 1.24 bits per heavy atom. The maximum Gasteiger partial charge on any atom is 0.407 e. The number of fused-ring (bicyclic) bond motifs is 2. The van der Waals surface area contributed by atoms with Gasteiger partial charge in [-0.15, -0.1) is 0 Å². The van der Waals surface area contributed by atoms with E-state index in [4.69, 9.17) is 4.74 Å². The van der Waals surface area contributed by atoms with Crippen LogP contribution in [0.1, 0.15) is 30.7 Å². The zero-order valence-electron chi connectivity index (χ0n) is 20.7. The molecular formula is C25H27FN6O6. The Hall–Kier alpha value is -4.29. The van der Waals surface area contributed by atoms with Gasteiger partial charge in [0, 0.05) is 31.6 Å². The van der Waals surface area contributed by atoms with Crippen molar-refractivity contribution >= 4 is 23.7 Å². The lowest BCUT2D eigenvalue weighted by atomic mass is 9.62. The number of ketones is 1. The van der Waals surface area contributed by atoms with Crippen LogP contribution >= 0.6 is 0 Å². The van der Waals surface area contributed by atoms with Gasteiger partial charge in [-0.05, 0) is 43.9 Å². The number of hydrogen-bond acceptors (Lipinski definition) is 7. The van der Waals surface area contributed by atoms with Crippen LogP contribution in [-0.4, -0.2) is 79.6 Å². The Balaban J connectivity index is 1.47. The third kappa shape index (κ3) is 4.27. The van der Waals surface area contributed by atoms with Crippen molar-refractivity contribution in [2.24, 2.45) is 11.3 Å². The Morgan fingerprint density at radius 3 is 2.68 bits per heavy atom. The summed E-state index contributed by atoms with van der Waals surface area (Å²) in [6, 6.07) is 4.03. The standard InChI is InChI=1S/C25H27FN6O6/c1-15-28-14-29-32(15)18-11-17(26)4-3-16(18)12-27-22(34)20-21(33)23(35)31-7-2-10-38-13-19(31)25(20)5-8-30(9-6-25)24(36)37/h3-4,11,13-14,20H,2,5-10,12H2,1H3,(H,27,34)(H,36,37). The number of carbonyl (C=O) groups excluding carboxylic acids is 3. The molecule has 0 saturated carbocycles. The van der Waals surface area contributed by atoms with Gasteiger partial charge in [-0.2, -0.15) is 5.10 Å². The van der Waals surface area contributed by atoms with Crippen LogP contribution in [0.4, 0.5) is 9.18 Å². The summed E-state index contributed by atoms with van der Waals surface area (Å²) in [6.45, 7) is 2.45. The predicted molar refractivity (Wildman–Crippen MR) is 128 cm³/mol. The highest BCUT2D eigenvalue weighted by atomic mass is 19.1. The molecule has 5 rings (SSSR count). The van der Waals surface area contributed by atoms with Crippen molar-refractivity contribution in [1.82, 2.24) is 29.9 Å². The lowest BCUT2D eigenvalue weighted by Gasteiger charge is -2.50. The summed E-state index contributed by atoms with van der Waals surface area (Å²) in [5.74, 6) is -3.64. The first-order valence-electron chi connectivity index (χ1n) is 12.3. The number of benzene rings is 1. The zero-order chi connectivity index (χ0) is 27.0. The van der Waals surface area contributed by atoms with Crippen molar-refractivity contribution in [3.05, 3.63) is 53.7 Å². The number of allylic oxidation sites excluding steroid dienone is 1. The van der Waals surface area contributed by atoms with Gasteiger partial charge in [-0.3, -0.25) is 14.4 Å². The summed E-state index contributed by atoms with van der Waals surface area (Å²) in [7, 11) is 0. The fourth-order valence-corrected chi connectivity index (χ4v) is 5.60. The Labute approximate surface area is 217 Å². The molecule has 2 fully saturated rings. The van der Waals surface area contributed by atoms with Crippen molar-refractivity contribution in [1.29, 1.82) is 0 Å². The molecule has 2 saturated heterocycles. The van der Waals surface area contributed by atoms with Gasteiger partial charge in [0.2, 0.25) is 11.7 Å². The first-order valence-corrected chi connectivity index (χ1v) is 12.3. The number of aryl methyl sites for hydroxylation is 1. The maximum atomic E-state index is 14.1. The van der Waals surface area contributed by atoms with Gasteiger partial charge in [-0.1, -0.05) is 6.07 Å². The molecule has 38 heavy (non-hydrogen) atoms. The van der Waals surface area contributed by atoms with Crippen LogP contribution in [0.5, 0.6) is 0 Å². The molecule has 3 amide bonds. The number of Topliss-reactive ketones (excluding diaryl/α,β-unsaturated/α-hetero) is 1. The van der Waals surface area contributed by atoms with E-state index in [9.17, 15) is 28.7 Å². The van der Waals surface area contributed by atoms with Crippen LogP contribution in [0, 0.1) is 24.1 Å². The Kier molecular flexibility index (Phi) is 6.59. The second-order valence-corrected chi connectivity index (χ2v) is 9.62. The van der Waals surface area contributed by atoms with E-state index in [1.807, 2.05) is 0 Å². The number of nitrogens with zero attached hydrogens (tertiary/aromatic N) is 5. The second-order valence-electron chi connectivity index (χ2n) is 9.62. The van der Waals surface area contributed by atoms with Gasteiger partial charge < -0.3 is 25.0 Å². The van der Waals surface area contributed by atoms with Gasteiger partial charge >= 0.3 is 6.09 Å². The van der Waals surface area contributed by atoms with Crippen LogP contribution in [0.25, 0.3) is 5.69 Å². The quantitative estimate of drug-likeness (QED) is 0.449. The maximum absolute atomic E-state index is 14.1. The largest absolute Gasteiger partial charge is 0.499 e. The molecule has 3 aliphatic rings. The summed E-state index contributed by atoms with van der Waals surface area (Å²) in [5, 5.41) is 16.3. The highest BCUT2D eigenvalue weighted by Crippen LogP contribution is 2.50. The number of amides is 3. The first kappa shape index (κ1) is 25.4. The van der Waals surface area contributed by atoms with E-state index in [0.29, 0.717) is 35.8 Å². The summed E-state index contributed by atoms with van der Waals surface area (Å²) in [5.41, 5.74) is 0.225. The van der Waals surface area contributed by atoms with Crippen LogP contribution < -0.4 is 5.32 Å². The number of hydrogen-bond donors (Lipinski definition) is 2. The number of halogens is 1. The van der Waals surface area contributed by atoms with Crippen molar-refractivity contribution in [3.8, 4) is 5.69 Å². The highest BCUT2D eigenvalue weighted by Gasteiger charge is 2.59. The predicted octanol–water partition coefficient (Wildman–Crippen LogP) is 1.38. The summed E-state index contributed by atoms with van der Waals surface area (Å²) in [4.78, 5) is 58.5. The average Bonchev–Trinajstić information content (AvgIpc) is 3.16. The lowest BCUT2D eigenvalue weighted by Crippen LogP contribution is -2.62. The van der Waals surface area contributed by atoms with Gasteiger partial charge in [0.1, 0.15) is 30.1 Å². The number of rotatable bonds is 4. The monoisotopic (exact) mass is 526 g/mol. The molecule has 1 unspecified atom stereocenters. The van der Waals surface area contributed by atoms with E-state index >= 15 is 0 Å². The minimum absolute atomic E-state index is 0.0672. The molecule has 0 bridgehead atoms. The molecule has 200 valence electrons.